The van der Waals surface area contributed by atoms with Gasteiger partial charge in [-0.3, -0.25) is 5.73 Å². The molecule has 18 heavy (non-hydrogen) atoms. The Kier molecular flexibility index (Phi) is 4.79. The van der Waals surface area contributed by atoms with Crippen LogP contribution in [0.5, 0.6) is 0 Å². The molecular weight excluding hydrogens is 224 g/mol. The molecule has 0 radical (unpaired) electrons. The van der Waals surface area contributed by atoms with Crippen LogP contribution in [0.3, 0.4) is 0 Å². The molecule has 1 aromatic rings. The molecule has 1 aliphatic rings. The Morgan fingerprint density at radius 1 is 1.28 bits per heavy atom. The highest BCUT2D eigenvalue weighted by Crippen LogP contribution is 2.15. The molecule has 3 heteroatoms. The Labute approximate surface area is 109 Å². The minimum Gasteiger partial charge on any atom is -0.483 e. The molecular formula is C15H22N2O. The molecule has 1 aliphatic heterocycles. The average Bonchev–Trinajstić information content (AvgIpc) is 2.39. The normalized spacial score (nSPS) is 18.4. The fraction of sp³-hybridized carbons (Fsp3) is 0.467. The summed E-state index contributed by atoms with van der Waals surface area (Å²) in [6.07, 6.45) is 4.56. The number of hydrogen-bond acceptors (Lipinski definition) is 3. The number of hydrogen-bond donors (Lipinski definition) is 1. The molecule has 0 amide bonds. The van der Waals surface area contributed by atoms with Gasteiger partial charge >= 0.3 is 0 Å². The Morgan fingerprint density at radius 2 is 1.94 bits per heavy atom. The molecule has 1 heterocycles. The van der Waals surface area contributed by atoms with Gasteiger partial charge in [-0.25, -0.2) is 0 Å². The number of piperidine rings is 1. The summed E-state index contributed by atoms with van der Waals surface area (Å²) in [4.78, 5) is 2.33. The Balaban J connectivity index is 1.78. The van der Waals surface area contributed by atoms with Gasteiger partial charge in [0.1, 0.15) is 0 Å². The van der Waals surface area contributed by atoms with Crippen LogP contribution in [0.15, 0.2) is 42.2 Å². The zero-order valence-electron chi connectivity index (χ0n) is 11.0. The summed E-state index contributed by atoms with van der Waals surface area (Å²) in [6, 6.07) is 10.2. The summed E-state index contributed by atoms with van der Waals surface area (Å²) in [5.41, 5.74) is 8.56. The molecule has 1 aromatic carbocycles. The van der Waals surface area contributed by atoms with E-state index in [1.54, 1.807) is 0 Å². The third kappa shape index (κ3) is 4.17. The Bertz CT molecular complexity index is 379. The summed E-state index contributed by atoms with van der Waals surface area (Å²) < 4.78 is 5.62. The smallest absolute Gasteiger partial charge is 0.150 e. The van der Waals surface area contributed by atoms with Crippen LogP contribution in [0, 0.1) is 0 Å². The first-order valence-corrected chi connectivity index (χ1v) is 6.55. The van der Waals surface area contributed by atoms with E-state index in [-0.39, 0.29) is 6.23 Å². The number of nitrogens with two attached hydrogens (primary N) is 1. The van der Waals surface area contributed by atoms with Crippen LogP contribution in [-0.4, -0.2) is 31.3 Å². The van der Waals surface area contributed by atoms with Crippen molar-refractivity contribution in [2.24, 2.45) is 5.73 Å². The topological polar surface area (TPSA) is 38.5 Å². The molecule has 98 valence electrons. The van der Waals surface area contributed by atoms with Gasteiger partial charge in [0.25, 0.3) is 0 Å². The highest BCUT2D eigenvalue weighted by Gasteiger charge is 2.10. The van der Waals surface area contributed by atoms with E-state index in [9.17, 15) is 0 Å². The Morgan fingerprint density at radius 3 is 2.61 bits per heavy atom. The average molecular weight is 246 g/mol. The van der Waals surface area contributed by atoms with Crippen LogP contribution in [-0.2, 0) is 11.2 Å². The van der Waals surface area contributed by atoms with Gasteiger partial charge in [0.15, 0.2) is 6.23 Å². The highest BCUT2D eigenvalue weighted by molar-refractivity contribution is 5.15. The Hall–Kier alpha value is -1.32. The number of rotatable bonds is 4. The lowest BCUT2D eigenvalue weighted by atomic mass is 10.1. The van der Waals surface area contributed by atoms with Crippen molar-refractivity contribution in [1.82, 2.24) is 4.90 Å². The first kappa shape index (κ1) is 13.1. The number of benzene rings is 1. The van der Waals surface area contributed by atoms with Crippen molar-refractivity contribution < 1.29 is 4.74 Å². The maximum Gasteiger partial charge on any atom is 0.150 e. The largest absolute Gasteiger partial charge is 0.483 e. The number of ether oxygens (including phenoxy) is 1. The van der Waals surface area contributed by atoms with Crippen molar-refractivity contribution in [2.75, 3.05) is 20.1 Å². The van der Waals surface area contributed by atoms with Gasteiger partial charge in [0.2, 0.25) is 0 Å². The third-order valence-corrected chi connectivity index (χ3v) is 3.32. The van der Waals surface area contributed by atoms with E-state index in [4.69, 9.17) is 10.5 Å². The van der Waals surface area contributed by atoms with Crippen molar-refractivity contribution in [1.29, 1.82) is 0 Å². The fourth-order valence-electron chi connectivity index (χ4n) is 2.10. The monoisotopic (exact) mass is 246 g/mol. The molecule has 2 rings (SSSR count). The van der Waals surface area contributed by atoms with Crippen LogP contribution in [0.25, 0.3) is 0 Å². The van der Waals surface area contributed by atoms with Gasteiger partial charge in [-0.2, -0.15) is 0 Å². The molecule has 1 fully saturated rings. The second-order valence-electron chi connectivity index (χ2n) is 4.94. The van der Waals surface area contributed by atoms with Gasteiger partial charge in [0.05, 0.1) is 6.26 Å². The van der Waals surface area contributed by atoms with Gasteiger partial charge in [-0.05, 0) is 31.0 Å². The van der Waals surface area contributed by atoms with Crippen LogP contribution in [0.4, 0.5) is 0 Å². The summed E-state index contributed by atoms with van der Waals surface area (Å²) in [7, 11) is 2.15. The summed E-state index contributed by atoms with van der Waals surface area (Å²) in [5.74, 6) is 0. The van der Waals surface area contributed by atoms with Crippen molar-refractivity contribution in [3.05, 3.63) is 47.7 Å². The van der Waals surface area contributed by atoms with Crippen molar-refractivity contribution in [3.63, 3.8) is 0 Å². The lowest BCUT2D eigenvalue weighted by molar-refractivity contribution is 0.145. The van der Waals surface area contributed by atoms with Gasteiger partial charge in [-0.15, -0.1) is 0 Å². The first-order chi connectivity index (χ1) is 8.74. The zero-order valence-corrected chi connectivity index (χ0v) is 11.0. The number of likely N-dealkylation sites (tertiary alicyclic amines) is 1. The summed E-state index contributed by atoms with van der Waals surface area (Å²) >= 11 is 0. The molecule has 1 unspecified atom stereocenters. The minimum atomic E-state index is -0.250. The number of nitrogens with zero attached hydrogens (tertiary/aromatic N) is 1. The van der Waals surface area contributed by atoms with E-state index in [1.807, 2.05) is 24.5 Å². The highest BCUT2D eigenvalue weighted by atomic mass is 16.5. The maximum absolute atomic E-state index is 5.97. The predicted octanol–water partition coefficient (Wildman–Crippen LogP) is 2.14. The molecule has 3 nitrogen and oxygen atoms in total. The van der Waals surface area contributed by atoms with Gasteiger partial charge in [0, 0.05) is 19.5 Å². The van der Waals surface area contributed by atoms with E-state index in [2.05, 4.69) is 24.1 Å². The molecule has 1 atom stereocenters. The van der Waals surface area contributed by atoms with E-state index in [0.717, 1.165) is 32.4 Å². The fourth-order valence-corrected chi connectivity index (χ4v) is 2.10. The quantitative estimate of drug-likeness (QED) is 0.653. The van der Waals surface area contributed by atoms with Crippen LogP contribution in [0.1, 0.15) is 18.4 Å². The van der Waals surface area contributed by atoms with Crippen LogP contribution >= 0.6 is 0 Å². The third-order valence-electron chi connectivity index (χ3n) is 3.32. The molecule has 2 N–H and O–H groups in total. The molecule has 0 spiro atoms. The van der Waals surface area contributed by atoms with E-state index >= 15 is 0 Å². The molecule has 0 aromatic heterocycles. The van der Waals surface area contributed by atoms with E-state index in [0.29, 0.717) is 0 Å². The summed E-state index contributed by atoms with van der Waals surface area (Å²) in [6.45, 7) is 2.23. The van der Waals surface area contributed by atoms with Crippen LogP contribution < -0.4 is 5.73 Å². The predicted molar refractivity (Wildman–Crippen MR) is 74.0 cm³/mol. The van der Waals surface area contributed by atoms with Crippen molar-refractivity contribution in [3.8, 4) is 0 Å². The molecule has 0 aliphatic carbocycles. The second-order valence-corrected chi connectivity index (χ2v) is 4.94. The van der Waals surface area contributed by atoms with E-state index < -0.39 is 0 Å². The lowest BCUT2D eigenvalue weighted by Crippen LogP contribution is -2.27. The lowest BCUT2D eigenvalue weighted by Gasteiger charge is -2.24. The van der Waals surface area contributed by atoms with Gasteiger partial charge < -0.3 is 9.64 Å². The van der Waals surface area contributed by atoms with Crippen molar-refractivity contribution in [2.45, 2.75) is 25.5 Å². The molecule has 1 saturated heterocycles. The van der Waals surface area contributed by atoms with Gasteiger partial charge in [-0.1, -0.05) is 30.3 Å². The standard InChI is InChI=1S/C15H22N2O/c1-17-9-7-14(8-10-17)12-18-15(16)11-13-5-3-2-4-6-13/h2-6,12,15H,7-11,16H2,1H3. The van der Waals surface area contributed by atoms with Crippen LogP contribution in [0.2, 0.25) is 0 Å². The molecule has 0 bridgehead atoms. The maximum atomic E-state index is 5.97. The first-order valence-electron chi connectivity index (χ1n) is 6.55. The second kappa shape index (κ2) is 6.57. The van der Waals surface area contributed by atoms with E-state index in [1.165, 1.54) is 11.1 Å². The zero-order chi connectivity index (χ0) is 12.8. The minimum absolute atomic E-state index is 0.250. The SMILES string of the molecule is CN1CCC(=COC(N)Cc2ccccc2)CC1. The molecule has 0 saturated carbocycles. The van der Waals surface area contributed by atoms with Crippen molar-refractivity contribution >= 4 is 0 Å². The summed E-state index contributed by atoms with van der Waals surface area (Å²) in [5, 5.41) is 0.